The van der Waals surface area contributed by atoms with E-state index in [1.54, 1.807) is 0 Å². The van der Waals surface area contributed by atoms with Crippen LogP contribution < -0.4 is 4.74 Å². The second-order valence-electron chi connectivity index (χ2n) is 5.95. The van der Waals surface area contributed by atoms with Crippen molar-refractivity contribution in [1.29, 1.82) is 0 Å². The lowest BCUT2D eigenvalue weighted by Gasteiger charge is -2.13. The van der Waals surface area contributed by atoms with Crippen molar-refractivity contribution in [3.05, 3.63) is 52.8 Å². The summed E-state index contributed by atoms with van der Waals surface area (Å²) in [6.45, 7) is 1.98. The summed E-state index contributed by atoms with van der Waals surface area (Å²) in [4.78, 5) is 6.94. The molecule has 0 radical (unpaired) electrons. The van der Waals surface area contributed by atoms with Crippen LogP contribution in [0.2, 0.25) is 5.02 Å². The van der Waals surface area contributed by atoms with Gasteiger partial charge in [0, 0.05) is 28.5 Å². The van der Waals surface area contributed by atoms with Crippen molar-refractivity contribution < 1.29 is 23.0 Å². The van der Waals surface area contributed by atoms with Gasteiger partial charge in [0.25, 0.3) is 0 Å². The van der Waals surface area contributed by atoms with Crippen molar-refractivity contribution >= 4 is 34.3 Å². The van der Waals surface area contributed by atoms with E-state index in [0.717, 1.165) is 40.6 Å². The van der Waals surface area contributed by atoms with E-state index >= 15 is 0 Å². The summed E-state index contributed by atoms with van der Waals surface area (Å²) < 4.78 is 43.6. The first-order valence-electron chi connectivity index (χ1n) is 7.99. The van der Waals surface area contributed by atoms with Gasteiger partial charge in [-0.25, -0.2) is 4.98 Å². The molecule has 0 saturated carbocycles. The first-order chi connectivity index (χ1) is 12.7. The third kappa shape index (κ3) is 4.88. The van der Waals surface area contributed by atoms with Crippen LogP contribution in [0.3, 0.4) is 0 Å². The van der Waals surface area contributed by atoms with E-state index < -0.39 is 17.8 Å². The summed E-state index contributed by atoms with van der Waals surface area (Å²) in [5.41, 5.74) is 1.03. The van der Waals surface area contributed by atoms with Gasteiger partial charge < -0.3 is 14.8 Å². The molecule has 2 N–H and O–H groups in total. The number of fused-ring (bicyclic) bond motifs is 1. The molecule has 0 aliphatic rings. The van der Waals surface area contributed by atoms with Gasteiger partial charge in [-0.1, -0.05) is 17.7 Å². The van der Waals surface area contributed by atoms with Crippen LogP contribution in [-0.2, 0) is 6.18 Å². The molecule has 144 valence electrons. The highest BCUT2D eigenvalue weighted by Crippen LogP contribution is 2.34. The minimum Gasteiger partial charge on any atom is -0.490 e. The molecule has 0 bridgehead atoms. The molecule has 3 rings (SSSR count). The lowest BCUT2D eigenvalue weighted by molar-refractivity contribution is -0.137. The molecule has 27 heavy (non-hydrogen) atoms. The monoisotopic (exact) mass is 416 g/mol. The van der Waals surface area contributed by atoms with Gasteiger partial charge in [0.15, 0.2) is 0 Å². The van der Waals surface area contributed by atoms with Gasteiger partial charge in [-0.05, 0) is 31.2 Å². The van der Waals surface area contributed by atoms with Crippen LogP contribution in [0, 0.1) is 6.92 Å². The molecule has 0 saturated heterocycles. The van der Waals surface area contributed by atoms with Gasteiger partial charge in [0.2, 0.25) is 0 Å². The van der Waals surface area contributed by atoms with Crippen LogP contribution in [0.4, 0.5) is 13.2 Å². The Bertz CT molecular complexity index is 946. The second-order valence-corrected chi connectivity index (χ2v) is 7.37. The van der Waals surface area contributed by atoms with Crippen molar-refractivity contribution in [2.75, 3.05) is 12.4 Å². The maximum atomic E-state index is 12.6. The van der Waals surface area contributed by atoms with Gasteiger partial charge in [0.1, 0.15) is 17.4 Å². The number of alkyl halides is 3. The van der Waals surface area contributed by atoms with E-state index in [2.05, 4.69) is 9.97 Å². The number of hydrogen-bond donors (Lipinski definition) is 2. The highest BCUT2D eigenvalue weighted by molar-refractivity contribution is 7.99. The lowest BCUT2D eigenvalue weighted by Crippen LogP contribution is -2.20. The van der Waals surface area contributed by atoms with Gasteiger partial charge in [-0.3, -0.25) is 0 Å². The number of H-pyrrole nitrogens is 1. The third-order valence-electron chi connectivity index (χ3n) is 3.74. The molecular formula is C18H16ClF3N2O2S. The van der Waals surface area contributed by atoms with Crippen LogP contribution in [-0.4, -0.2) is 33.5 Å². The van der Waals surface area contributed by atoms with E-state index in [1.807, 2.05) is 31.2 Å². The number of nitrogens with zero attached hydrogens (tertiary/aromatic N) is 1. The number of nitrogens with one attached hydrogen (secondary N) is 1. The highest BCUT2D eigenvalue weighted by Gasteiger charge is 2.31. The molecule has 0 spiro atoms. The van der Waals surface area contributed by atoms with Crippen molar-refractivity contribution in [3.63, 3.8) is 0 Å². The molecule has 0 fully saturated rings. The number of pyridine rings is 1. The fraction of sp³-hybridized carbons (Fsp3) is 0.278. The third-order valence-corrected chi connectivity index (χ3v) is 5.29. The normalized spacial score (nSPS) is 13.1. The number of ether oxygens (including phenoxy) is 1. The Kier molecular flexibility index (Phi) is 5.88. The molecule has 2 heterocycles. The van der Waals surface area contributed by atoms with Crippen molar-refractivity contribution in [2.45, 2.75) is 24.2 Å². The molecule has 0 aliphatic carbocycles. The summed E-state index contributed by atoms with van der Waals surface area (Å²) in [7, 11) is 0. The van der Waals surface area contributed by atoms with E-state index in [4.69, 9.17) is 16.3 Å². The lowest BCUT2D eigenvalue weighted by atomic mass is 10.2. The SMILES string of the molecule is Cc1cc2c(OCC(O)CSc3ncc(C(F)(F)F)cc3Cl)cccc2[nH]1. The Morgan fingerprint density at radius 1 is 1.33 bits per heavy atom. The number of halogens is 4. The Morgan fingerprint density at radius 3 is 2.81 bits per heavy atom. The predicted octanol–water partition coefficient (Wildman–Crippen LogP) is 5.08. The number of hydrogen-bond acceptors (Lipinski definition) is 4. The maximum Gasteiger partial charge on any atom is 0.417 e. The van der Waals surface area contributed by atoms with Crippen LogP contribution in [0.15, 0.2) is 41.6 Å². The van der Waals surface area contributed by atoms with Crippen molar-refractivity contribution in [1.82, 2.24) is 9.97 Å². The van der Waals surface area contributed by atoms with E-state index in [-0.39, 0.29) is 22.4 Å². The topological polar surface area (TPSA) is 58.1 Å². The van der Waals surface area contributed by atoms with Crippen molar-refractivity contribution in [3.8, 4) is 5.75 Å². The Labute approximate surface area is 162 Å². The van der Waals surface area contributed by atoms with Crippen LogP contribution in [0.25, 0.3) is 10.9 Å². The zero-order chi connectivity index (χ0) is 19.6. The molecule has 4 nitrogen and oxygen atoms in total. The summed E-state index contributed by atoms with van der Waals surface area (Å²) in [6.07, 6.45) is -4.61. The number of aliphatic hydroxyl groups excluding tert-OH is 1. The molecule has 1 aromatic carbocycles. The predicted molar refractivity (Wildman–Crippen MR) is 99.5 cm³/mol. The molecule has 9 heteroatoms. The Balaban J connectivity index is 1.57. The van der Waals surface area contributed by atoms with Gasteiger partial charge in [0.05, 0.1) is 16.7 Å². The molecule has 1 atom stereocenters. The molecule has 0 amide bonds. The largest absolute Gasteiger partial charge is 0.490 e. The number of aromatic nitrogens is 2. The minimum atomic E-state index is -4.50. The van der Waals surface area contributed by atoms with Gasteiger partial charge >= 0.3 is 6.18 Å². The fourth-order valence-corrected chi connectivity index (χ4v) is 3.59. The molecular weight excluding hydrogens is 401 g/mol. The van der Waals surface area contributed by atoms with E-state index in [0.29, 0.717) is 5.75 Å². The first-order valence-corrected chi connectivity index (χ1v) is 9.35. The molecule has 2 aromatic heterocycles. The number of rotatable bonds is 6. The maximum absolute atomic E-state index is 12.6. The molecule has 1 unspecified atom stereocenters. The second kappa shape index (κ2) is 8.00. The number of aliphatic hydroxyl groups is 1. The Morgan fingerprint density at radius 2 is 2.11 bits per heavy atom. The van der Waals surface area contributed by atoms with Crippen LogP contribution >= 0.6 is 23.4 Å². The average molecular weight is 417 g/mol. The number of thioether (sulfide) groups is 1. The molecule has 3 aromatic rings. The zero-order valence-electron chi connectivity index (χ0n) is 14.2. The van der Waals surface area contributed by atoms with E-state index in [9.17, 15) is 18.3 Å². The average Bonchev–Trinajstić information content (AvgIpc) is 2.98. The van der Waals surface area contributed by atoms with Gasteiger partial charge in [-0.2, -0.15) is 13.2 Å². The fourth-order valence-electron chi connectivity index (χ4n) is 2.49. The van der Waals surface area contributed by atoms with Gasteiger partial charge in [-0.15, -0.1) is 11.8 Å². The van der Waals surface area contributed by atoms with Crippen molar-refractivity contribution in [2.24, 2.45) is 0 Å². The molecule has 0 aliphatic heterocycles. The number of aryl methyl sites for hydroxylation is 1. The Hall–Kier alpha value is -1.90. The summed E-state index contributed by atoms with van der Waals surface area (Å²) in [5, 5.41) is 11.2. The summed E-state index contributed by atoms with van der Waals surface area (Å²) in [6, 6.07) is 8.37. The van der Waals surface area contributed by atoms with Crippen LogP contribution in [0.5, 0.6) is 5.75 Å². The highest BCUT2D eigenvalue weighted by atomic mass is 35.5. The zero-order valence-corrected chi connectivity index (χ0v) is 15.8. The quantitative estimate of drug-likeness (QED) is 0.550. The summed E-state index contributed by atoms with van der Waals surface area (Å²) >= 11 is 6.93. The van der Waals surface area contributed by atoms with Crippen LogP contribution in [0.1, 0.15) is 11.3 Å². The number of aromatic amines is 1. The summed E-state index contributed by atoms with van der Waals surface area (Å²) in [5.74, 6) is 0.826. The van der Waals surface area contributed by atoms with E-state index in [1.165, 1.54) is 0 Å². The number of benzene rings is 1. The first kappa shape index (κ1) is 19.9. The smallest absolute Gasteiger partial charge is 0.417 e. The minimum absolute atomic E-state index is 0.0363. The standard InChI is InChI=1S/C18H16ClF3N2O2S/c1-10-5-13-15(24-10)3-2-4-16(13)26-8-12(25)9-27-17-14(19)6-11(7-23-17)18(20,21)22/h2-7,12,24-25H,8-9H2,1H3.